The predicted molar refractivity (Wildman–Crippen MR) is 93.8 cm³/mol. The molecule has 2 fully saturated rings. The van der Waals surface area contributed by atoms with Gasteiger partial charge >= 0.3 is 0 Å². The van der Waals surface area contributed by atoms with Gasteiger partial charge in [0.2, 0.25) is 15.9 Å². The number of hydrogen-bond donors (Lipinski definition) is 1. The zero-order chi connectivity index (χ0) is 18.9. The highest BCUT2D eigenvalue weighted by Gasteiger charge is 2.36. The van der Waals surface area contributed by atoms with Crippen LogP contribution in [-0.4, -0.2) is 60.7 Å². The van der Waals surface area contributed by atoms with Crippen LogP contribution in [0, 0.1) is 16.0 Å². The predicted octanol–water partition coefficient (Wildman–Crippen LogP) is 0.555. The second kappa shape index (κ2) is 7.29. The number of carbonyl (C=O) groups excluding carboxylic acids is 1. The van der Waals surface area contributed by atoms with Crippen LogP contribution < -0.4 is 5.73 Å². The van der Waals surface area contributed by atoms with Crippen LogP contribution in [0.25, 0.3) is 0 Å². The molecular formula is C16H22N4O5S. The molecule has 0 aromatic heterocycles. The van der Waals surface area contributed by atoms with Crippen molar-refractivity contribution in [3.8, 4) is 0 Å². The summed E-state index contributed by atoms with van der Waals surface area (Å²) in [6.45, 7) is 1.60. The van der Waals surface area contributed by atoms with E-state index in [1.54, 1.807) is 4.90 Å². The molecule has 2 N–H and O–H groups in total. The number of sulfonamides is 1. The highest BCUT2D eigenvalue weighted by molar-refractivity contribution is 7.89. The molecule has 0 spiro atoms. The highest BCUT2D eigenvalue weighted by Crippen LogP contribution is 2.27. The molecule has 2 aliphatic heterocycles. The van der Waals surface area contributed by atoms with Gasteiger partial charge in [0.15, 0.2) is 0 Å². The minimum atomic E-state index is -3.79. The maximum Gasteiger partial charge on any atom is 0.269 e. The Labute approximate surface area is 152 Å². The summed E-state index contributed by atoms with van der Waals surface area (Å²) in [6.07, 6.45) is 2.02. The fourth-order valence-corrected chi connectivity index (χ4v) is 5.02. The van der Waals surface area contributed by atoms with Gasteiger partial charge in [-0.15, -0.1) is 0 Å². The van der Waals surface area contributed by atoms with Crippen LogP contribution in [0.5, 0.6) is 0 Å². The number of non-ortho nitro benzene ring substituents is 1. The molecule has 2 heterocycles. The molecule has 2 atom stereocenters. The van der Waals surface area contributed by atoms with E-state index in [1.807, 2.05) is 0 Å². The van der Waals surface area contributed by atoms with Gasteiger partial charge in [-0.05, 0) is 31.4 Å². The summed E-state index contributed by atoms with van der Waals surface area (Å²) in [4.78, 5) is 24.5. The molecule has 1 amide bonds. The van der Waals surface area contributed by atoms with Crippen molar-refractivity contribution < 1.29 is 18.1 Å². The molecule has 0 saturated carbocycles. The first kappa shape index (κ1) is 18.7. The van der Waals surface area contributed by atoms with E-state index in [1.165, 1.54) is 28.6 Å². The van der Waals surface area contributed by atoms with Crippen LogP contribution in [0.2, 0.25) is 0 Å². The second-order valence-electron chi connectivity index (χ2n) is 6.79. The molecular weight excluding hydrogens is 360 g/mol. The lowest BCUT2D eigenvalue weighted by Crippen LogP contribution is -2.46. The zero-order valence-electron chi connectivity index (χ0n) is 14.3. The Morgan fingerprint density at radius 2 is 1.85 bits per heavy atom. The first-order chi connectivity index (χ1) is 12.3. The Kier molecular flexibility index (Phi) is 5.26. The number of nitrogens with two attached hydrogens (primary N) is 1. The Balaban J connectivity index is 1.73. The van der Waals surface area contributed by atoms with Crippen molar-refractivity contribution in [3.63, 3.8) is 0 Å². The van der Waals surface area contributed by atoms with Gasteiger partial charge in [-0.3, -0.25) is 14.9 Å². The van der Waals surface area contributed by atoms with E-state index in [2.05, 4.69) is 0 Å². The SMILES string of the molecule is N[C@@H]1CCN(C(=O)C2CCCN(S(=O)(=O)c3ccc([N+](=O)[O-])cc3)C2)C1. The molecule has 0 bridgehead atoms. The van der Waals surface area contributed by atoms with Crippen molar-refractivity contribution in [1.82, 2.24) is 9.21 Å². The molecule has 0 radical (unpaired) electrons. The fraction of sp³-hybridized carbons (Fsp3) is 0.562. The maximum absolute atomic E-state index is 12.8. The molecule has 1 unspecified atom stereocenters. The van der Waals surface area contributed by atoms with Gasteiger partial charge in [-0.2, -0.15) is 4.31 Å². The van der Waals surface area contributed by atoms with E-state index in [0.717, 1.165) is 6.42 Å². The number of nitro benzene ring substituents is 1. The van der Waals surface area contributed by atoms with Gasteiger partial charge in [0, 0.05) is 44.4 Å². The summed E-state index contributed by atoms with van der Waals surface area (Å²) in [5, 5.41) is 10.7. The fourth-order valence-electron chi connectivity index (χ4n) is 3.50. The number of nitrogens with zero attached hydrogens (tertiary/aromatic N) is 3. The van der Waals surface area contributed by atoms with Gasteiger partial charge in [0.25, 0.3) is 5.69 Å². The summed E-state index contributed by atoms with van der Waals surface area (Å²) in [7, 11) is -3.79. The number of rotatable bonds is 4. The smallest absolute Gasteiger partial charge is 0.269 e. The maximum atomic E-state index is 12.8. The summed E-state index contributed by atoms with van der Waals surface area (Å²) in [5.41, 5.74) is 5.68. The van der Waals surface area contributed by atoms with E-state index < -0.39 is 14.9 Å². The molecule has 2 aliphatic rings. The Morgan fingerprint density at radius 3 is 2.42 bits per heavy atom. The van der Waals surface area contributed by atoms with E-state index in [-0.39, 0.29) is 35.0 Å². The molecule has 3 rings (SSSR count). The molecule has 26 heavy (non-hydrogen) atoms. The molecule has 0 aliphatic carbocycles. The number of piperidine rings is 1. The standard InChI is InChI=1S/C16H22N4O5S/c17-13-7-9-18(11-13)16(21)12-2-1-8-19(10-12)26(24,25)15-5-3-14(4-6-15)20(22)23/h3-6,12-13H,1-2,7-11,17H2/t12?,13-/m1/s1. The zero-order valence-corrected chi connectivity index (χ0v) is 15.1. The Morgan fingerprint density at radius 1 is 1.15 bits per heavy atom. The van der Waals surface area contributed by atoms with Crippen LogP contribution in [-0.2, 0) is 14.8 Å². The third-order valence-corrected chi connectivity index (χ3v) is 6.83. The first-order valence-electron chi connectivity index (χ1n) is 8.58. The van der Waals surface area contributed by atoms with Crippen molar-refractivity contribution in [1.29, 1.82) is 0 Å². The third kappa shape index (κ3) is 3.71. The van der Waals surface area contributed by atoms with Crippen molar-refractivity contribution >= 4 is 21.6 Å². The average molecular weight is 382 g/mol. The van der Waals surface area contributed by atoms with Crippen LogP contribution in [0.1, 0.15) is 19.3 Å². The van der Waals surface area contributed by atoms with Crippen LogP contribution in [0.3, 0.4) is 0 Å². The first-order valence-corrected chi connectivity index (χ1v) is 10.0. The topological polar surface area (TPSA) is 127 Å². The van der Waals surface area contributed by atoms with Crippen LogP contribution >= 0.6 is 0 Å². The van der Waals surface area contributed by atoms with Crippen molar-refractivity contribution in [2.24, 2.45) is 11.7 Å². The molecule has 2 saturated heterocycles. The number of benzene rings is 1. The van der Waals surface area contributed by atoms with Gasteiger partial charge in [0.05, 0.1) is 15.7 Å². The van der Waals surface area contributed by atoms with Crippen LogP contribution in [0.15, 0.2) is 29.2 Å². The van der Waals surface area contributed by atoms with E-state index >= 15 is 0 Å². The van der Waals surface area contributed by atoms with E-state index in [9.17, 15) is 23.3 Å². The average Bonchev–Trinajstić information content (AvgIpc) is 3.07. The van der Waals surface area contributed by atoms with Gasteiger partial charge in [-0.1, -0.05) is 0 Å². The van der Waals surface area contributed by atoms with Gasteiger partial charge in [0.1, 0.15) is 0 Å². The quantitative estimate of drug-likeness (QED) is 0.599. The summed E-state index contributed by atoms with van der Waals surface area (Å²) in [6, 6.07) is 4.80. The molecule has 1 aromatic carbocycles. The number of nitro groups is 1. The molecule has 1 aromatic rings. The number of hydrogen-bond acceptors (Lipinski definition) is 6. The van der Waals surface area contributed by atoms with Gasteiger partial charge < -0.3 is 10.6 Å². The van der Waals surface area contributed by atoms with Gasteiger partial charge in [-0.25, -0.2) is 8.42 Å². The van der Waals surface area contributed by atoms with Crippen molar-refractivity contribution in [3.05, 3.63) is 34.4 Å². The lowest BCUT2D eigenvalue weighted by Gasteiger charge is -2.33. The number of amides is 1. The Bertz CT molecular complexity index is 795. The minimum absolute atomic E-state index is 0.000561. The van der Waals surface area contributed by atoms with E-state index in [0.29, 0.717) is 32.5 Å². The highest BCUT2D eigenvalue weighted by atomic mass is 32.2. The lowest BCUT2D eigenvalue weighted by molar-refractivity contribution is -0.384. The summed E-state index contributed by atoms with van der Waals surface area (Å²) in [5.74, 6) is -0.413. The molecule has 9 nitrogen and oxygen atoms in total. The monoisotopic (exact) mass is 382 g/mol. The molecule has 142 valence electrons. The van der Waals surface area contributed by atoms with Crippen molar-refractivity contribution in [2.45, 2.75) is 30.2 Å². The Hall–Kier alpha value is -2.04. The number of likely N-dealkylation sites (tertiary alicyclic amines) is 1. The number of carbonyl (C=O) groups is 1. The third-order valence-electron chi connectivity index (χ3n) is 4.96. The minimum Gasteiger partial charge on any atom is -0.341 e. The molecule has 10 heteroatoms. The summed E-state index contributed by atoms with van der Waals surface area (Å²) >= 11 is 0. The largest absolute Gasteiger partial charge is 0.341 e. The van der Waals surface area contributed by atoms with Crippen molar-refractivity contribution in [2.75, 3.05) is 26.2 Å². The van der Waals surface area contributed by atoms with E-state index in [4.69, 9.17) is 5.73 Å². The normalized spacial score (nSPS) is 24.6. The second-order valence-corrected chi connectivity index (χ2v) is 8.72. The van der Waals surface area contributed by atoms with Crippen LogP contribution in [0.4, 0.5) is 5.69 Å². The summed E-state index contributed by atoms with van der Waals surface area (Å²) < 4.78 is 26.9. The lowest BCUT2D eigenvalue weighted by atomic mass is 9.98.